The van der Waals surface area contributed by atoms with E-state index < -0.39 is 6.04 Å². The van der Waals surface area contributed by atoms with Crippen LogP contribution in [0.15, 0.2) is 77.0 Å². The van der Waals surface area contributed by atoms with Gasteiger partial charge in [-0.3, -0.25) is 4.90 Å². The van der Waals surface area contributed by atoms with Crippen LogP contribution >= 0.6 is 0 Å². The largest absolute Gasteiger partial charge is 0.334 e. The number of nitrogens with one attached hydrogen (secondary N) is 1. The van der Waals surface area contributed by atoms with Crippen LogP contribution in [0.5, 0.6) is 0 Å². The lowest BCUT2D eigenvalue weighted by atomic mass is 9.93. The van der Waals surface area contributed by atoms with Crippen LogP contribution in [-0.4, -0.2) is 16.2 Å². The summed E-state index contributed by atoms with van der Waals surface area (Å²) in [6.07, 6.45) is 0. The number of carbonyl (C=O) groups is 1. The molecule has 1 aromatic heterocycles. The van der Waals surface area contributed by atoms with E-state index in [1.54, 1.807) is 4.90 Å². The summed E-state index contributed by atoms with van der Waals surface area (Å²) in [7, 11) is 0. The molecule has 5 rings (SSSR count). The molecular weight excluding hydrogens is 436 g/mol. The Morgan fingerprint density at radius 2 is 1.63 bits per heavy atom. The summed E-state index contributed by atoms with van der Waals surface area (Å²) in [5, 5.41) is 7.44. The summed E-state index contributed by atoms with van der Waals surface area (Å²) in [5.74, 6) is 0.903. The highest BCUT2D eigenvalue weighted by Crippen LogP contribution is 2.39. The Hall–Kier alpha value is -4.19. The molecule has 176 valence electrons. The van der Waals surface area contributed by atoms with Gasteiger partial charge in [-0.15, -0.1) is 0 Å². The van der Waals surface area contributed by atoms with E-state index in [0.29, 0.717) is 11.7 Å². The lowest BCUT2D eigenvalue weighted by Gasteiger charge is -2.35. The highest BCUT2D eigenvalue weighted by Gasteiger charge is 2.36. The molecule has 4 aromatic rings. The van der Waals surface area contributed by atoms with Crippen LogP contribution in [0.25, 0.3) is 17.0 Å². The number of allylic oxidation sites excluding steroid dienone is 1. The molecule has 1 aliphatic rings. The molecule has 2 heterocycles. The highest BCUT2D eigenvalue weighted by molar-refractivity contribution is 6.01. The Morgan fingerprint density at radius 1 is 0.857 bits per heavy atom. The maximum absolute atomic E-state index is 13.4. The van der Waals surface area contributed by atoms with Crippen LogP contribution in [0.4, 0.5) is 10.5 Å². The van der Waals surface area contributed by atoms with E-state index in [1.807, 2.05) is 94.4 Å². The van der Waals surface area contributed by atoms with Gasteiger partial charge in [-0.2, -0.15) is 4.98 Å². The van der Waals surface area contributed by atoms with Crippen molar-refractivity contribution in [2.75, 3.05) is 4.90 Å². The third-order valence-electron chi connectivity index (χ3n) is 6.58. The Bertz CT molecular complexity index is 1450. The summed E-state index contributed by atoms with van der Waals surface area (Å²) < 4.78 is 5.81. The maximum Gasteiger partial charge on any atom is 0.326 e. The first-order valence-electron chi connectivity index (χ1n) is 11.7. The number of aromatic nitrogens is 2. The number of amides is 2. The van der Waals surface area contributed by atoms with Gasteiger partial charge in [0.25, 0.3) is 5.89 Å². The first kappa shape index (κ1) is 22.6. The van der Waals surface area contributed by atoms with Gasteiger partial charge < -0.3 is 9.84 Å². The predicted octanol–water partition coefficient (Wildman–Crippen LogP) is 6.67. The van der Waals surface area contributed by atoms with Crippen molar-refractivity contribution < 1.29 is 9.32 Å². The zero-order valence-corrected chi connectivity index (χ0v) is 20.6. The third-order valence-corrected chi connectivity index (χ3v) is 6.58. The van der Waals surface area contributed by atoms with Gasteiger partial charge in [-0.05, 0) is 69.5 Å². The van der Waals surface area contributed by atoms with Crippen LogP contribution in [0.1, 0.15) is 46.7 Å². The van der Waals surface area contributed by atoms with Crippen molar-refractivity contribution in [3.05, 3.63) is 106 Å². The first-order chi connectivity index (χ1) is 16.8. The van der Waals surface area contributed by atoms with Crippen molar-refractivity contribution in [3.8, 4) is 11.4 Å². The molecule has 1 N–H and O–H groups in total. The van der Waals surface area contributed by atoms with E-state index in [2.05, 4.69) is 17.4 Å². The van der Waals surface area contributed by atoms with E-state index >= 15 is 0 Å². The minimum atomic E-state index is -0.420. The van der Waals surface area contributed by atoms with Gasteiger partial charge in [-0.25, -0.2) is 4.79 Å². The first-order valence-corrected chi connectivity index (χ1v) is 11.7. The molecule has 0 saturated carbocycles. The van der Waals surface area contributed by atoms with Gasteiger partial charge in [0.15, 0.2) is 0 Å². The van der Waals surface area contributed by atoms with E-state index in [9.17, 15) is 4.79 Å². The number of anilines is 1. The lowest BCUT2D eigenvalue weighted by Crippen LogP contribution is -2.46. The molecule has 0 saturated heterocycles. The topological polar surface area (TPSA) is 71.3 Å². The molecule has 0 bridgehead atoms. The Morgan fingerprint density at radius 3 is 2.34 bits per heavy atom. The predicted molar refractivity (Wildman–Crippen MR) is 138 cm³/mol. The molecule has 2 amide bonds. The van der Waals surface area contributed by atoms with Gasteiger partial charge in [0.05, 0.1) is 17.3 Å². The summed E-state index contributed by atoms with van der Waals surface area (Å²) in [4.78, 5) is 19.9. The third kappa shape index (κ3) is 4.23. The van der Waals surface area contributed by atoms with Gasteiger partial charge in [-0.1, -0.05) is 64.8 Å². The fourth-order valence-electron chi connectivity index (χ4n) is 4.44. The quantitative estimate of drug-likeness (QED) is 0.366. The Kier molecular flexibility index (Phi) is 5.73. The average molecular weight is 465 g/mol. The van der Waals surface area contributed by atoms with Crippen molar-refractivity contribution in [3.63, 3.8) is 0 Å². The second kappa shape index (κ2) is 8.87. The second-order valence-electron chi connectivity index (χ2n) is 9.19. The molecule has 6 nitrogen and oxygen atoms in total. The molecule has 1 aliphatic heterocycles. The number of urea groups is 1. The highest BCUT2D eigenvalue weighted by atomic mass is 16.5. The summed E-state index contributed by atoms with van der Waals surface area (Å²) in [6.45, 7) is 10.1. The number of hydrogen-bond donors (Lipinski definition) is 1. The van der Waals surface area contributed by atoms with Gasteiger partial charge >= 0.3 is 6.03 Å². The normalized spacial score (nSPS) is 16.0. The van der Waals surface area contributed by atoms with Crippen molar-refractivity contribution in [1.29, 1.82) is 0 Å². The van der Waals surface area contributed by atoms with Gasteiger partial charge in [0, 0.05) is 11.3 Å². The molecule has 0 fully saturated rings. The number of nitrogens with zero attached hydrogens (tertiary/aromatic N) is 3. The lowest BCUT2D eigenvalue weighted by molar-refractivity contribution is 0.244. The van der Waals surface area contributed by atoms with E-state index in [1.165, 1.54) is 5.56 Å². The fraction of sp³-hybridized carbons (Fsp3) is 0.207. The molecule has 0 spiro atoms. The van der Waals surface area contributed by atoms with Crippen molar-refractivity contribution in [2.45, 2.75) is 40.7 Å². The zero-order chi connectivity index (χ0) is 24.7. The number of aryl methyl sites for hydroxylation is 4. The molecule has 0 radical (unpaired) electrons. The monoisotopic (exact) mass is 464 g/mol. The van der Waals surface area contributed by atoms with Gasteiger partial charge in [0.1, 0.15) is 0 Å². The molecule has 3 aromatic carbocycles. The Labute approximate surface area is 205 Å². The van der Waals surface area contributed by atoms with E-state index in [0.717, 1.165) is 44.8 Å². The standard InChI is InChI=1S/C29H28N4O2/c1-17-9-12-22(13-10-17)26-25(28-31-27(32-35-28)23-8-6-7-18(2)15-23)21(5)33(29(34)30-26)24-14-11-19(3)20(4)16-24/h6-16,26H,1-5H3,(H,30,34). The minimum absolute atomic E-state index is 0.196. The van der Waals surface area contributed by atoms with E-state index in [-0.39, 0.29) is 6.03 Å². The van der Waals surface area contributed by atoms with Crippen LogP contribution in [0.3, 0.4) is 0 Å². The molecule has 0 aliphatic carbocycles. The SMILES string of the molecule is CC1=C(c2nc(-c3cccc(C)c3)no2)C(c2ccc(C)cc2)NC(=O)N1c1ccc(C)c(C)c1. The molecule has 35 heavy (non-hydrogen) atoms. The smallest absolute Gasteiger partial charge is 0.326 e. The summed E-state index contributed by atoms with van der Waals surface area (Å²) in [6, 6.07) is 21.5. The summed E-state index contributed by atoms with van der Waals surface area (Å²) >= 11 is 0. The average Bonchev–Trinajstić information content (AvgIpc) is 3.31. The molecular formula is C29H28N4O2. The van der Waals surface area contributed by atoms with Crippen molar-refractivity contribution in [1.82, 2.24) is 15.5 Å². The second-order valence-corrected chi connectivity index (χ2v) is 9.19. The minimum Gasteiger partial charge on any atom is -0.334 e. The van der Waals surface area contributed by atoms with Crippen LogP contribution < -0.4 is 10.2 Å². The number of benzene rings is 3. The van der Waals surface area contributed by atoms with Crippen molar-refractivity contribution in [2.24, 2.45) is 0 Å². The van der Waals surface area contributed by atoms with Crippen LogP contribution in [0, 0.1) is 27.7 Å². The zero-order valence-electron chi connectivity index (χ0n) is 20.6. The number of hydrogen-bond acceptors (Lipinski definition) is 4. The van der Waals surface area contributed by atoms with Crippen LogP contribution in [-0.2, 0) is 0 Å². The Balaban J connectivity index is 1.66. The molecule has 6 heteroatoms. The van der Waals surface area contributed by atoms with Crippen molar-refractivity contribution >= 4 is 17.3 Å². The number of rotatable bonds is 4. The van der Waals surface area contributed by atoms with Gasteiger partial charge in [0.2, 0.25) is 5.82 Å². The van der Waals surface area contributed by atoms with E-state index in [4.69, 9.17) is 9.51 Å². The maximum atomic E-state index is 13.4. The van der Waals surface area contributed by atoms with Crippen LogP contribution in [0.2, 0.25) is 0 Å². The fourth-order valence-corrected chi connectivity index (χ4v) is 4.44. The summed E-state index contributed by atoms with van der Waals surface area (Å²) in [5.41, 5.74) is 8.71. The number of carbonyl (C=O) groups excluding carboxylic acids is 1. The molecule has 1 atom stereocenters. The molecule has 1 unspecified atom stereocenters.